The molecule has 0 fully saturated rings. The first-order valence-corrected chi connectivity index (χ1v) is 18.0. The summed E-state index contributed by atoms with van der Waals surface area (Å²) in [6, 6.07) is 18.7. The van der Waals surface area contributed by atoms with E-state index in [-0.39, 0.29) is 51.2 Å². The van der Waals surface area contributed by atoms with E-state index in [1.54, 1.807) is 80.6 Å². The summed E-state index contributed by atoms with van der Waals surface area (Å²) in [5, 5.41) is 16.3. The molecular weight excluding hydrogens is 770 g/mol. The van der Waals surface area contributed by atoms with Crippen molar-refractivity contribution in [3.63, 3.8) is 0 Å². The van der Waals surface area contributed by atoms with Gasteiger partial charge in [-0.3, -0.25) is 39.9 Å². The minimum Gasteiger partial charge on any atom is -0.461 e. The first kappa shape index (κ1) is 46.1. The molecule has 3 aromatic carbocycles. The van der Waals surface area contributed by atoms with Crippen molar-refractivity contribution in [1.82, 2.24) is 0 Å². The van der Waals surface area contributed by atoms with Gasteiger partial charge in [-0.25, -0.2) is 9.59 Å². The van der Waals surface area contributed by atoms with E-state index in [2.05, 4.69) is 10.6 Å². The Bertz CT molecular complexity index is 2030. The number of non-ortho nitro benzene ring substituents is 1. The molecule has 17 heteroatoms. The lowest BCUT2D eigenvalue weighted by molar-refractivity contribution is -0.384. The molecular formula is C42H45N3O14. The van der Waals surface area contributed by atoms with Crippen LogP contribution in [0.1, 0.15) is 51.3 Å². The van der Waals surface area contributed by atoms with Crippen molar-refractivity contribution >= 4 is 71.4 Å². The molecule has 59 heavy (non-hydrogen) atoms. The average Bonchev–Trinajstić information content (AvgIpc) is 3.19. The molecule has 0 bridgehead atoms. The molecule has 0 aliphatic carbocycles. The van der Waals surface area contributed by atoms with E-state index in [4.69, 9.17) is 28.4 Å². The van der Waals surface area contributed by atoms with Crippen LogP contribution in [0.4, 0.5) is 26.7 Å². The normalized spacial score (nSPS) is 11.1. The van der Waals surface area contributed by atoms with Crippen LogP contribution in [-0.2, 0) is 47.6 Å². The number of carbonyl (C=O) groups excluding carboxylic acids is 6. The molecule has 0 atom stereocenters. The highest BCUT2D eigenvalue weighted by Gasteiger charge is 2.13. The number of nitro benzene ring substituents is 1. The number of nitrogens with one attached hydrogen (secondary N) is 2. The van der Waals surface area contributed by atoms with Gasteiger partial charge in [0.1, 0.15) is 39.6 Å². The standard InChI is InChI=1S/C42H45N3O14/c1-27(2)40(49)57-24-35(23-56-30(5)48)19-32-8-14-38(15-9-32)44-42(51)59-26-36(20-33-10-16-39(17-11-33)45(52)53)25-58-41(50)43-37-12-6-31(7-13-37)18-34(21-54-28(3)46)22-55-29(4)47/h6-20,27H,21-26H2,1-5H3,(H,43,50)(H,44,51)/b35-19-,36-20-. The number of rotatable bonds is 19. The number of esters is 4. The van der Waals surface area contributed by atoms with E-state index < -0.39 is 41.0 Å². The smallest absolute Gasteiger partial charge is 0.411 e. The maximum absolute atomic E-state index is 12.8. The predicted molar refractivity (Wildman–Crippen MR) is 216 cm³/mol. The molecule has 2 amide bonds. The zero-order chi connectivity index (χ0) is 43.3. The summed E-state index contributed by atoms with van der Waals surface area (Å²) in [6.45, 7) is 6.22. The molecule has 0 aliphatic rings. The molecule has 0 heterocycles. The van der Waals surface area contributed by atoms with E-state index in [0.717, 1.165) is 0 Å². The third-order valence-electron chi connectivity index (χ3n) is 7.56. The van der Waals surface area contributed by atoms with E-state index in [1.807, 2.05) is 0 Å². The van der Waals surface area contributed by atoms with Crippen LogP contribution < -0.4 is 10.6 Å². The van der Waals surface area contributed by atoms with Gasteiger partial charge in [-0.1, -0.05) is 38.1 Å². The Hall–Kier alpha value is -7.30. The third-order valence-corrected chi connectivity index (χ3v) is 7.56. The molecule has 17 nitrogen and oxygen atoms in total. The monoisotopic (exact) mass is 815 g/mol. The van der Waals surface area contributed by atoms with Gasteiger partial charge in [-0.2, -0.15) is 0 Å². The zero-order valence-electron chi connectivity index (χ0n) is 33.1. The summed E-state index contributed by atoms with van der Waals surface area (Å²) >= 11 is 0. The van der Waals surface area contributed by atoms with Crippen LogP contribution in [0, 0.1) is 16.0 Å². The fraction of sp³-hybridized carbons (Fsp3) is 0.286. The highest BCUT2D eigenvalue weighted by Crippen LogP contribution is 2.18. The maximum atomic E-state index is 12.8. The van der Waals surface area contributed by atoms with E-state index >= 15 is 0 Å². The van der Waals surface area contributed by atoms with Crippen LogP contribution >= 0.6 is 0 Å². The van der Waals surface area contributed by atoms with Gasteiger partial charge in [0.15, 0.2) is 0 Å². The molecule has 312 valence electrons. The van der Waals surface area contributed by atoms with Crippen LogP contribution in [0.3, 0.4) is 0 Å². The minimum atomic E-state index is -0.832. The minimum absolute atomic E-state index is 0.0775. The van der Waals surface area contributed by atoms with Crippen molar-refractivity contribution in [1.29, 1.82) is 0 Å². The second-order valence-electron chi connectivity index (χ2n) is 13.0. The molecule has 0 saturated heterocycles. The number of hydrogen-bond acceptors (Lipinski definition) is 14. The molecule has 0 saturated carbocycles. The molecule has 2 N–H and O–H groups in total. The highest BCUT2D eigenvalue weighted by atomic mass is 16.6. The third kappa shape index (κ3) is 18.5. The van der Waals surface area contributed by atoms with Crippen molar-refractivity contribution in [2.75, 3.05) is 50.3 Å². The quantitative estimate of drug-likeness (QED) is 0.0531. The maximum Gasteiger partial charge on any atom is 0.411 e. The van der Waals surface area contributed by atoms with Crippen molar-refractivity contribution in [3.05, 3.63) is 116 Å². The van der Waals surface area contributed by atoms with E-state index in [9.17, 15) is 38.9 Å². The first-order chi connectivity index (χ1) is 28.1. The summed E-state index contributed by atoms with van der Waals surface area (Å²) in [4.78, 5) is 82.0. The SMILES string of the molecule is CC(=O)OCC(=Cc1ccc(NC(=O)OC/C(=C/c2ccc([N+](=O)[O-])cc2)COC(=O)Nc2ccc(/C=C(/COC(C)=O)COC(=O)C(C)C)cc2)cc1)COC(C)=O. The van der Waals surface area contributed by atoms with Crippen LogP contribution in [-0.4, -0.2) is 80.6 Å². The fourth-order valence-electron chi connectivity index (χ4n) is 4.64. The summed E-state index contributed by atoms with van der Waals surface area (Å²) in [7, 11) is 0. The number of hydrogen-bond donors (Lipinski definition) is 2. The zero-order valence-corrected chi connectivity index (χ0v) is 33.1. The lowest BCUT2D eigenvalue weighted by atomic mass is 10.1. The van der Waals surface area contributed by atoms with Gasteiger partial charge in [-0.05, 0) is 71.3 Å². The Morgan fingerprint density at radius 3 is 1.14 bits per heavy atom. The van der Waals surface area contributed by atoms with Gasteiger partial charge >= 0.3 is 36.1 Å². The lowest BCUT2D eigenvalue weighted by Crippen LogP contribution is -2.19. The average molecular weight is 816 g/mol. The number of benzene rings is 3. The molecule has 3 rings (SSSR count). The first-order valence-electron chi connectivity index (χ1n) is 18.0. The molecule has 0 radical (unpaired) electrons. The van der Waals surface area contributed by atoms with Crippen LogP contribution in [0.25, 0.3) is 18.2 Å². The van der Waals surface area contributed by atoms with Gasteiger partial charge in [0.25, 0.3) is 5.69 Å². The summed E-state index contributed by atoms with van der Waals surface area (Å²) < 4.78 is 31.2. The van der Waals surface area contributed by atoms with Crippen molar-refractivity contribution in [3.8, 4) is 0 Å². The largest absolute Gasteiger partial charge is 0.461 e. The fourth-order valence-corrected chi connectivity index (χ4v) is 4.64. The van der Waals surface area contributed by atoms with Gasteiger partial charge in [0.2, 0.25) is 0 Å². The van der Waals surface area contributed by atoms with E-state index in [0.29, 0.717) is 44.8 Å². The molecule has 0 spiro atoms. The number of nitro groups is 1. The summed E-state index contributed by atoms with van der Waals surface area (Å²) in [5.41, 5.74) is 3.87. The summed E-state index contributed by atoms with van der Waals surface area (Å²) in [6.07, 6.45) is 3.26. The summed E-state index contributed by atoms with van der Waals surface area (Å²) in [5.74, 6) is -2.22. The van der Waals surface area contributed by atoms with Crippen LogP contribution in [0.2, 0.25) is 0 Å². The topological polar surface area (TPSA) is 225 Å². The predicted octanol–water partition coefficient (Wildman–Crippen LogP) is 7.13. The second-order valence-corrected chi connectivity index (χ2v) is 13.0. The Morgan fingerprint density at radius 1 is 0.525 bits per heavy atom. The van der Waals surface area contributed by atoms with Crippen molar-refractivity contribution in [2.45, 2.75) is 34.6 Å². The van der Waals surface area contributed by atoms with Crippen molar-refractivity contribution in [2.24, 2.45) is 5.92 Å². The van der Waals surface area contributed by atoms with Gasteiger partial charge in [-0.15, -0.1) is 0 Å². The highest BCUT2D eigenvalue weighted by molar-refractivity contribution is 5.86. The van der Waals surface area contributed by atoms with Gasteiger partial charge in [0.05, 0.1) is 10.8 Å². The Morgan fingerprint density at radius 2 is 0.831 bits per heavy atom. The number of nitrogens with zero attached hydrogens (tertiary/aromatic N) is 1. The van der Waals surface area contributed by atoms with Crippen LogP contribution in [0.15, 0.2) is 89.5 Å². The number of carbonyl (C=O) groups is 6. The van der Waals surface area contributed by atoms with Gasteiger partial charge < -0.3 is 28.4 Å². The number of anilines is 2. The van der Waals surface area contributed by atoms with E-state index in [1.165, 1.54) is 45.0 Å². The Balaban J connectivity index is 1.66. The lowest BCUT2D eigenvalue weighted by Gasteiger charge is -2.13. The number of ether oxygens (including phenoxy) is 6. The molecule has 0 aliphatic heterocycles. The van der Waals surface area contributed by atoms with Gasteiger partial charge in [0, 0.05) is 61.0 Å². The molecule has 0 unspecified atom stereocenters. The second kappa shape index (κ2) is 23.7. The Kier molecular flexibility index (Phi) is 18.5. The Labute approximate surface area is 340 Å². The van der Waals surface area contributed by atoms with Crippen molar-refractivity contribution < 1.29 is 62.1 Å². The van der Waals surface area contributed by atoms with Crippen LogP contribution in [0.5, 0.6) is 0 Å². The molecule has 0 aromatic heterocycles. The molecule has 3 aromatic rings. The number of amides is 2.